The van der Waals surface area contributed by atoms with Gasteiger partial charge in [0.1, 0.15) is 12.1 Å². The van der Waals surface area contributed by atoms with E-state index in [1.807, 2.05) is 0 Å². The minimum Gasteiger partial charge on any atom is -0.356 e. The summed E-state index contributed by atoms with van der Waals surface area (Å²) < 4.78 is 2.87. The van der Waals surface area contributed by atoms with Gasteiger partial charge in [-0.1, -0.05) is 30.3 Å². The molecule has 0 atom stereocenters. The van der Waals surface area contributed by atoms with Crippen molar-refractivity contribution in [1.82, 2.24) is 19.5 Å². The lowest BCUT2D eigenvalue weighted by Crippen LogP contribution is -2.35. The van der Waals surface area contributed by atoms with E-state index in [-0.39, 0.29) is 0 Å². The van der Waals surface area contributed by atoms with Gasteiger partial charge in [-0.3, -0.25) is 0 Å². The van der Waals surface area contributed by atoms with Crippen molar-refractivity contribution in [3.05, 3.63) is 59.1 Å². The largest absolute Gasteiger partial charge is 0.356 e. The molecule has 4 aromatic rings. The third-order valence-electron chi connectivity index (χ3n) is 6.11. The lowest BCUT2D eigenvalue weighted by molar-refractivity contribution is 0.402. The fourth-order valence-electron chi connectivity index (χ4n) is 4.56. The fraction of sp³-hybridized carbons (Fsp3) is 0.348. The summed E-state index contributed by atoms with van der Waals surface area (Å²) in [5, 5.41) is 1.10. The number of hydrogen-bond donors (Lipinski definition) is 1. The molecule has 0 saturated carbocycles. The van der Waals surface area contributed by atoms with Crippen molar-refractivity contribution in [2.24, 2.45) is 5.92 Å². The smallest absolute Gasteiger partial charge is 0.178 e. The van der Waals surface area contributed by atoms with Crippen LogP contribution < -0.4 is 4.90 Å². The number of aryl methyl sites for hydroxylation is 1. The third kappa shape index (κ3) is 3.42. The number of aromatic nitrogens is 4. The summed E-state index contributed by atoms with van der Waals surface area (Å²) in [4.78, 5) is 15.0. The molecule has 1 aliphatic heterocycles. The molecular formula is C23H25N5S. The SMILES string of the molecule is CCn1c(=S)[nH]c2cc3c(N4CCC(Cc5ccccc5)CC4)ncnc3cc21. The lowest BCUT2D eigenvalue weighted by atomic mass is 9.90. The van der Waals surface area contributed by atoms with Gasteiger partial charge in [0.25, 0.3) is 0 Å². The molecule has 2 aromatic heterocycles. The second-order valence-electron chi connectivity index (χ2n) is 7.88. The van der Waals surface area contributed by atoms with E-state index in [0.29, 0.717) is 0 Å². The van der Waals surface area contributed by atoms with Crippen LogP contribution in [0, 0.1) is 10.7 Å². The standard InChI is InChI=1S/C23H25N5S/c1-2-28-21-14-19-18(13-20(21)26-23(28)29)22(25-15-24-19)27-10-8-17(9-11-27)12-16-6-4-3-5-7-16/h3-7,13-15,17H,2,8-12H2,1H3,(H,26,29). The number of rotatable bonds is 4. The molecule has 0 amide bonds. The monoisotopic (exact) mass is 403 g/mol. The Morgan fingerprint density at radius 2 is 1.90 bits per heavy atom. The molecule has 0 radical (unpaired) electrons. The zero-order valence-corrected chi connectivity index (χ0v) is 17.5. The van der Waals surface area contributed by atoms with E-state index in [2.05, 4.69) is 73.8 Å². The van der Waals surface area contributed by atoms with Gasteiger partial charge in [-0.25, -0.2) is 9.97 Å². The van der Waals surface area contributed by atoms with Crippen LogP contribution in [0.25, 0.3) is 21.9 Å². The van der Waals surface area contributed by atoms with Crippen LogP contribution in [0.5, 0.6) is 0 Å². The first-order chi connectivity index (χ1) is 14.2. The quantitative estimate of drug-likeness (QED) is 0.481. The predicted octanol–water partition coefficient (Wildman–Crippen LogP) is 5.12. The molecule has 148 valence electrons. The van der Waals surface area contributed by atoms with Crippen LogP contribution in [0.4, 0.5) is 5.82 Å². The molecule has 6 heteroatoms. The van der Waals surface area contributed by atoms with E-state index in [1.165, 1.54) is 24.8 Å². The number of aromatic amines is 1. The van der Waals surface area contributed by atoms with E-state index >= 15 is 0 Å². The first-order valence-corrected chi connectivity index (χ1v) is 10.8. The van der Waals surface area contributed by atoms with Crippen molar-refractivity contribution >= 4 is 40.0 Å². The maximum Gasteiger partial charge on any atom is 0.178 e. The van der Waals surface area contributed by atoms with Crippen molar-refractivity contribution in [2.45, 2.75) is 32.7 Å². The van der Waals surface area contributed by atoms with Crippen LogP contribution in [0.2, 0.25) is 0 Å². The zero-order chi connectivity index (χ0) is 19.8. The molecule has 1 N–H and O–H groups in total. The topological polar surface area (TPSA) is 49.7 Å². The number of piperidine rings is 1. The van der Waals surface area contributed by atoms with E-state index in [1.54, 1.807) is 6.33 Å². The Morgan fingerprint density at radius 3 is 2.66 bits per heavy atom. The average Bonchev–Trinajstić information content (AvgIpc) is 3.07. The van der Waals surface area contributed by atoms with Crippen molar-refractivity contribution in [1.29, 1.82) is 0 Å². The number of benzene rings is 2. The molecule has 1 saturated heterocycles. The van der Waals surface area contributed by atoms with Crippen molar-refractivity contribution in [3.63, 3.8) is 0 Å². The fourth-order valence-corrected chi connectivity index (χ4v) is 4.89. The Kier molecular flexibility index (Phi) is 4.79. The molecule has 1 fully saturated rings. The van der Waals surface area contributed by atoms with Gasteiger partial charge in [0.15, 0.2) is 4.77 Å². The molecule has 0 bridgehead atoms. The summed E-state index contributed by atoms with van der Waals surface area (Å²) in [6.45, 7) is 5.02. The second-order valence-corrected chi connectivity index (χ2v) is 8.27. The van der Waals surface area contributed by atoms with E-state index < -0.39 is 0 Å². The maximum absolute atomic E-state index is 5.48. The van der Waals surface area contributed by atoms with Crippen LogP contribution in [-0.2, 0) is 13.0 Å². The van der Waals surface area contributed by atoms with Crippen LogP contribution in [0.1, 0.15) is 25.3 Å². The number of H-pyrrole nitrogens is 1. The van der Waals surface area contributed by atoms with Crippen molar-refractivity contribution < 1.29 is 0 Å². The lowest BCUT2D eigenvalue weighted by Gasteiger charge is -2.33. The Hall–Kier alpha value is -2.73. The Bertz CT molecular complexity index is 1200. The van der Waals surface area contributed by atoms with Gasteiger partial charge < -0.3 is 14.5 Å². The second kappa shape index (κ2) is 7.59. The van der Waals surface area contributed by atoms with Crippen LogP contribution in [-0.4, -0.2) is 32.6 Å². The van der Waals surface area contributed by atoms with Crippen molar-refractivity contribution in [2.75, 3.05) is 18.0 Å². The van der Waals surface area contributed by atoms with Gasteiger partial charge in [0.05, 0.1) is 16.6 Å². The number of hydrogen-bond acceptors (Lipinski definition) is 4. The number of nitrogens with zero attached hydrogens (tertiary/aromatic N) is 4. The molecular weight excluding hydrogens is 378 g/mol. The van der Waals surface area contributed by atoms with E-state index in [4.69, 9.17) is 12.2 Å². The molecule has 0 unspecified atom stereocenters. The summed E-state index contributed by atoms with van der Waals surface area (Å²) in [6.07, 6.45) is 5.24. The van der Waals surface area contributed by atoms with Crippen LogP contribution >= 0.6 is 12.2 Å². The highest BCUT2D eigenvalue weighted by Gasteiger charge is 2.22. The molecule has 5 rings (SSSR count). The molecule has 0 spiro atoms. The van der Waals surface area contributed by atoms with Crippen LogP contribution in [0.15, 0.2) is 48.8 Å². The Labute approximate surface area is 175 Å². The van der Waals surface area contributed by atoms with Gasteiger partial charge in [-0.05, 0) is 62.0 Å². The van der Waals surface area contributed by atoms with Gasteiger partial charge in [0.2, 0.25) is 0 Å². The molecule has 0 aliphatic carbocycles. The predicted molar refractivity (Wildman–Crippen MR) is 121 cm³/mol. The maximum atomic E-state index is 5.48. The number of fused-ring (bicyclic) bond motifs is 2. The van der Waals surface area contributed by atoms with Crippen LogP contribution in [0.3, 0.4) is 0 Å². The summed E-state index contributed by atoms with van der Waals surface area (Å²) in [7, 11) is 0. The number of nitrogens with one attached hydrogen (secondary N) is 1. The normalized spacial score (nSPS) is 15.4. The van der Waals surface area contributed by atoms with Gasteiger partial charge in [0, 0.05) is 25.0 Å². The number of imidazole rings is 1. The van der Waals surface area contributed by atoms with E-state index in [9.17, 15) is 0 Å². The molecule has 29 heavy (non-hydrogen) atoms. The number of anilines is 1. The Morgan fingerprint density at radius 1 is 1.10 bits per heavy atom. The highest BCUT2D eigenvalue weighted by molar-refractivity contribution is 7.71. The molecule has 5 nitrogen and oxygen atoms in total. The molecule has 2 aromatic carbocycles. The van der Waals surface area contributed by atoms with E-state index in [0.717, 1.165) is 58.1 Å². The first-order valence-electron chi connectivity index (χ1n) is 10.4. The van der Waals surface area contributed by atoms with Crippen molar-refractivity contribution in [3.8, 4) is 0 Å². The molecule has 3 heterocycles. The minimum atomic E-state index is 0.739. The summed E-state index contributed by atoms with van der Waals surface area (Å²) in [6, 6.07) is 15.1. The molecule has 1 aliphatic rings. The summed E-state index contributed by atoms with van der Waals surface area (Å²) >= 11 is 5.48. The van der Waals surface area contributed by atoms with Gasteiger partial charge >= 0.3 is 0 Å². The highest BCUT2D eigenvalue weighted by Crippen LogP contribution is 2.31. The van der Waals surface area contributed by atoms with Gasteiger partial charge in [-0.15, -0.1) is 0 Å². The third-order valence-corrected chi connectivity index (χ3v) is 6.43. The minimum absolute atomic E-state index is 0.739. The first kappa shape index (κ1) is 18.3. The zero-order valence-electron chi connectivity index (χ0n) is 16.6. The summed E-state index contributed by atoms with van der Waals surface area (Å²) in [5.74, 6) is 1.78. The highest BCUT2D eigenvalue weighted by atomic mass is 32.1. The van der Waals surface area contributed by atoms with Gasteiger partial charge in [-0.2, -0.15) is 0 Å². The summed E-state index contributed by atoms with van der Waals surface area (Å²) in [5.41, 5.74) is 4.58. The Balaban J connectivity index is 1.42. The average molecular weight is 404 g/mol.